The summed E-state index contributed by atoms with van der Waals surface area (Å²) in [5, 5.41) is 7.45. The number of hydrogen-bond acceptors (Lipinski definition) is 4. The van der Waals surface area contributed by atoms with E-state index in [1.165, 1.54) is 25.7 Å². The van der Waals surface area contributed by atoms with Crippen molar-refractivity contribution in [2.75, 3.05) is 32.6 Å². The molecule has 1 saturated carbocycles. The Balaban J connectivity index is 1.68. The lowest BCUT2D eigenvalue weighted by Gasteiger charge is -2.35. The number of hydrogen-bond donors (Lipinski definition) is 2. The quantitative estimate of drug-likeness (QED) is 0.734. The van der Waals surface area contributed by atoms with E-state index < -0.39 is 0 Å². The number of nitrogens with one attached hydrogen (secondary N) is 2. The van der Waals surface area contributed by atoms with Crippen molar-refractivity contribution in [2.24, 2.45) is 10.9 Å². The van der Waals surface area contributed by atoms with E-state index in [0.717, 1.165) is 16.8 Å². The van der Waals surface area contributed by atoms with E-state index in [1.807, 2.05) is 11.8 Å². The first-order chi connectivity index (χ1) is 10.1. The fourth-order valence-electron chi connectivity index (χ4n) is 2.81. The molecule has 0 aromatic carbocycles. The average Bonchev–Trinajstić information content (AvgIpc) is 2.86. The van der Waals surface area contributed by atoms with Crippen molar-refractivity contribution < 1.29 is 9.53 Å². The lowest BCUT2D eigenvalue weighted by molar-refractivity contribution is -0.121. The molecule has 2 fully saturated rings. The van der Waals surface area contributed by atoms with Gasteiger partial charge in [-0.25, -0.2) is 0 Å². The highest BCUT2D eigenvalue weighted by molar-refractivity contribution is 8.14. The molecule has 0 aromatic heterocycles. The number of ether oxygens (including phenoxy) is 1. The van der Waals surface area contributed by atoms with Crippen LogP contribution in [0.1, 0.15) is 39.0 Å². The summed E-state index contributed by atoms with van der Waals surface area (Å²) in [5.74, 6) is 2.03. The first-order valence-electron chi connectivity index (χ1n) is 7.85. The number of carbonyl (C=O) groups is 1. The maximum absolute atomic E-state index is 11.6. The van der Waals surface area contributed by atoms with Gasteiger partial charge in [0.2, 0.25) is 5.91 Å². The van der Waals surface area contributed by atoms with Gasteiger partial charge in [0, 0.05) is 31.4 Å². The largest absolute Gasteiger partial charge is 0.383 e. The highest BCUT2D eigenvalue weighted by Gasteiger charge is 2.39. The van der Waals surface area contributed by atoms with Crippen molar-refractivity contribution in [3.63, 3.8) is 0 Å². The van der Waals surface area contributed by atoms with Gasteiger partial charge in [0.25, 0.3) is 0 Å². The molecule has 0 radical (unpaired) electrons. The van der Waals surface area contributed by atoms with Crippen molar-refractivity contribution in [3.8, 4) is 0 Å². The van der Waals surface area contributed by atoms with E-state index in [1.54, 1.807) is 7.11 Å². The highest BCUT2D eigenvalue weighted by atomic mass is 32.2. The molecule has 1 heterocycles. The zero-order chi connectivity index (χ0) is 15.1. The third-order valence-electron chi connectivity index (χ3n) is 4.31. The molecular formula is C15H27N3O2S. The third kappa shape index (κ3) is 5.18. The number of aliphatic imine (C=N–C) groups is 1. The molecule has 2 N–H and O–H groups in total. The molecule has 0 bridgehead atoms. The lowest BCUT2D eigenvalue weighted by atomic mass is 9.78. The summed E-state index contributed by atoms with van der Waals surface area (Å²) in [6.07, 6.45) is 5.56. The van der Waals surface area contributed by atoms with Crippen LogP contribution in [0.3, 0.4) is 0 Å². The van der Waals surface area contributed by atoms with Gasteiger partial charge in [-0.3, -0.25) is 9.79 Å². The van der Waals surface area contributed by atoms with Crippen molar-refractivity contribution in [3.05, 3.63) is 0 Å². The summed E-state index contributed by atoms with van der Waals surface area (Å²) in [5.41, 5.74) is 0.275. The van der Waals surface area contributed by atoms with Crippen LogP contribution < -0.4 is 10.6 Å². The van der Waals surface area contributed by atoms with Gasteiger partial charge in [0.1, 0.15) is 0 Å². The molecule has 2 aliphatic rings. The molecule has 0 unspecified atom stereocenters. The SMILES string of the molecule is COCCNC(=O)CCN=C1NC2(CCC(C)CC2)CS1. The summed E-state index contributed by atoms with van der Waals surface area (Å²) in [6, 6.07) is 0. The third-order valence-corrected chi connectivity index (χ3v) is 5.51. The maximum Gasteiger partial charge on any atom is 0.221 e. The van der Waals surface area contributed by atoms with Gasteiger partial charge in [0.15, 0.2) is 5.17 Å². The van der Waals surface area contributed by atoms with Crippen molar-refractivity contribution in [1.82, 2.24) is 10.6 Å². The van der Waals surface area contributed by atoms with E-state index in [9.17, 15) is 4.79 Å². The van der Waals surface area contributed by atoms with Crippen LogP contribution >= 0.6 is 11.8 Å². The van der Waals surface area contributed by atoms with Crippen LogP contribution in [0.15, 0.2) is 4.99 Å². The molecule has 21 heavy (non-hydrogen) atoms. The second kappa shape index (κ2) is 8.03. The topological polar surface area (TPSA) is 62.7 Å². The Bertz CT molecular complexity index is 379. The highest BCUT2D eigenvalue weighted by Crippen LogP contribution is 2.38. The number of rotatable bonds is 6. The molecule has 6 heteroatoms. The zero-order valence-corrected chi connectivity index (χ0v) is 13.9. The molecule has 1 aliphatic carbocycles. The van der Waals surface area contributed by atoms with E-state index in [4.69, 9.17) is 4.74 Å². The molecule has 0 atom stereocenters. The number of methoxy groups -OCH3 is 1. The fourth-order valence-corrected chi connectivity index (χ4v) is 4.06. The number of nitrogens with zero attached hydrogens (tertiary/aromatic N) is 1. The number of amides is 1. The Morgan fingerprint density at radius 1 is 1.52 bits per heavy atom. The standard InChI is InChI=1S/C15H27N3O2S/c1-12-3-6-15(7-4-12)11-21-14(18-15)17-8-5-13(19)16-9-10-20-2/h12H,3-11H2,1-2H3,(H,16,19)(H,17,18). The first-order valence-corrected chi connectivity index (χ1v) is 8.83. The number of carbonyl (C=O) groups excluding carboxylic acids is 1. The van der Waals surface area contributed by atoms with Crippen molar-refractivity contribution in [2.45, 2.75) is 44.6 Å². The Morgan fingerprint density at radius 3 is 3.00 bits per heavy atom. The molecule has 5 nitrogen and oxygen atoms in total. The van der Waals surface area contributed by atoms with Gasteiger partial charge in [-0.2, -0.15) is 0 Å². The lowest BCUT2D eigenvalue weighted by Crippen LogP contribution is -2.46. The van der Waals surface area contributed by atoms with Gasteiger partial charge in [-0.1, -0.05) is 18.7 Å². The van der Waals surface area contributed by atoms with Gasteiger partial charge in [-0.15, -0.1) is 0 Å². The molecule has 1 aliphatic heterocycles. The van der Waals surface area contributed by atoms with Crippen molar-refractivity contribution >= 4 is 22.8 Å². The van der Waals surface area contributed by atoms with Crippen molar-refractivity contribution in [1.29, 1.82) is 0 Å². The van der Waals surface area contributed by atoms with Crippen LogP contribution in [0.4, 0.5) is 0 Å². The Labute approximate surface area is 131 Å². The van der Waals surface area contributed by atoms with E-state index in [2.05, 4.69) is 22.5 Å². The van der Waals surface area contributed by atoms with E-state index in [-0.39, 0.29) is 11.4 Å². The van der Waals surface area contributed by atoms with Gasteiger partial charge >= 0.3 is 0 Å². The molecule has 1 spiro atoms. The van der Waals surface area contributed by atoms with E-state index >= 15 is 0 Å². The molecule has 0 aromatic rings. The van der Waals surface area contributed by atoms with Crippen LogP contribution in [0, 0.1) is 5.92 Å². The second-order valence-corrected chi connectivity index (χ2v) is 7.12. The summed E-state index contributed by atoms with van der Waals surface area (Å²) in [6.45, 7) is 4.02. The Hall–Kier alpha value is -0.750. The van der Waals surface area contributed by atoms with Gasteiger partial charge in [0.05, 0.1) is 13.2 Å². The van der Waals surface area contributed by atoms with Gasteiger partial charge in [-0.05, 0) is 31.6 Å². The van der Waals surface area contributed by atoms with Gasteiger partial charge < -0.3 is 15.4 Å². The van der Waals surface area contributed by atoms with Crippen LogP contribution in [0.2, 0.25) is 0 Å². The Kier molecular flexibility index (Phi) is 6.36. The van der Waals surface area contributed by atoms with E-state index in [0.29, 0.717) is 26.1 Å². The zero-order valence-electron chi connectivity index (χ0n) is 13.1. The Morgan fingerprint density at radius 2 is 2.29 bits per heavy atom. The van der Waals surface area contributed by atoms with Crippen LogP contribution in [0.25, 0.3) is 0 Å². The minimum Gasteiger partial charge on any atom is -0.383 e. The average molecular weight is 313 g/mol. The molecule has 2 rings (SSSR count). The minimum absolute atomic E-state index is 0.0422. The van der Waals surface area contributed by atoms with Crippen LogP contribution in [-0.2, 0) is 9.53 Å². The predicted octanol–water partition coefficient (Wildman–Crippen LogP) is 1.78. The molecular weight excluding hydrogens is 286 g/mol. The van der Waals surface area contributed by atoms with Crippen LogP contribution in [-0.4, -0.2) is 49.2 Å². The fraction of sp³-hybridized carbons (Fsp3) is 0.867. The molecule has 1 saturated heterocycles. The molecule has 120 valence electrons. The summed E-state index contributed by atoms with van der Waals surface area (Å²) in [4.78, 5) is 16.1. The second-order valence-electron chi connectivity index (χ2n) is 6.16. The number of amidine groups is 1. The summed E-state index contributed by atoms with van der Waals surface area (Å²) >= 11 is 1.81. The normalized spacial score (nSPS) is 30.6. The van der Waals surface area contributed by atoms with Crippen LogP contribution in [0.5, 0.6) is 0 Å². The smallest absolute Gasteiger partial charge is 0.221 e. The predicted molar refractivity (Wildman–Crippen MR) is 87.8 cm³/mol. The monoisotopic (exact) mass is 313 g/mol. The first kappa shape index (κ1) is 16.6. The number of thioether (sulfide) groups is 1. The maximum atomic E-state index is 11.6. The summed E-state index contributed by atoms with van der Waals surface area (Å²) < 4.78 is 4.89. The molecule has 1 amide bonds. The summed E-state index contributed by atoms with van der Waals surface area (Å²) in [7, 11) is 1.63. The minimum atomic E-state index is 0.0422.